The Kier molecular flexibility index (Phi) is 5.72. The van der Waals surface area contributed by atoms with Gasteiger partial charge >= 0.3 is 5.97 Å². The average molecular weight is 379 g/mol. The largest absolute Gasteiger partial charge is 0.495 e. The molecule has 5 nitrogen and oxygen atoms in total. The molecule has 7 heteroatoms. The molecule has 3 aromatic rings. The molecule has 0 atom stereocenters. The van der Waals surface area contributed by atoms with Crippen LogP contribution in [0.25, 0.3) is 10.9 Å². The van der Waals surface area contributed by atoms with Crippen molar-refractivity contribution in [3.63, 3.8) is 0 Å². The molecule has 0 radical (unpaired) electrons. The number of aryl methyl sites for hydroxylation is 1. The van der Waals surface area contributed by atoms with Gasteiger partial charge in [0.25, 0.3) is 0 Å². The molecule has 2 aromatic carbocycles. The van der Waals surface area contributed by atoms with Crippen molar-refractivity contribution in [3.05, 3.63) is 58.7 Å². The average Bonchev–Trinajstić information content (AvgIpc) is 2.58. The first kappa shape index (κ1) is 18.8. The molecule has 1 heterocycles. The summed E-state index contributed by atoms with van der Waals surface area (Å²) in [7, 11) is 1.56. The van der Waals surface area contributed by atoms with E-state index in [2.05, 4.69) is 10.3 Å². The summed E-state index contributed by atoms with van der Waals surface area (Å²) in [5, 5.41) is 14.0. The van der Waals surface area contributed by atoms with Crippen LogP contribution in [-0.2, 0) is 0 Å². The van der Waals surface area contributed by atoms with Crippen LogP contribution in [0.2, 0.25) is 5.02 Å². The molecular weight excluding hydrogens is 363 g/mol. The van der Waals surface area contributed by atoms with Crippen molar-refractivity contribution in [2.75, 3.05) is 12.4 Å². The molecule has 3 rings (SSSR count). The zero-order chi connectivity index (χ0) is 17.3. The van der Waals surface area contributed by atoms with E-state index >= 15 is 0 Å². The fourth-order valence-electron chi connectivity index (χ4n) is 2.56. The van der Waals surface area contributed by atoms with Crippen LogP contribution >= 0.6 is 24.0 Å². The number of aromatic nitrogens is 1. The third-order valence-corrected chi connectivity index (χ3v) is 4.23. The number of benzene rings is 2. The highest BCUT2D eigenvalue weighted by Gasteiger charge is 2.17. The number of carboxylic acids is 1. The maximum Gasteiger partial charge on any atom is 0.339 e. The summed E-state index contributed by atoms with van der Waals surface area (Å²) in [5.74, 6) is -0.445. The molecule has 0 aliphatic heterocycles. The van der Waals surface area contributed by atoms with Crippen molar-refractivity contribution in [1.82, 2.24) is 4.98 Å². The Bertz CT molecular complexity index is 945. The van der Waals surface area contributed by atoms with Crippen LogP contribution in [0.4, 0.5) is 11.4 Å². The maximum atomic E-state index is 11.6. The predicted octanol–water partition coefficient (Wildman–Crippen LogP) is 5.07. The molecule has 1 aromatic heterocycles. The monoisotopic (exact) mass is 378 g/mol. The molecular formula is C18H16Cl2N2O3. The molecule has 0 fully saturated rings. The van der Waals surface area contributed by atoms with Gasteiger partial charge in [0.05, 0.1) is 24.0 Å². The Balaban J connectivity index is 0.00000225. The topological polar surface area (TPSA) is 71.5 Å². The molecule has 0 amide bonds. The van der Waals surface area contributed by atoms with E-state index in [1.54, 1.807) is 25.3 Å². The van der Waals surface area contributed by atoms with Crippen LogP contribution < -0.4 is 10.1 Å². The summed E-state index contributed by atoms with van der Waals surface area (Å²) in [6, 6.07) is 10.8. The highest BCUT2D eigenvalue weighted by Crippen LogP contribution is 2.35. The van der Waals surface area contributed by atoms with Gasteiger partial charge in [0, 0.05) is 16.6 Å². The Hall–Kier alpha value is -2.50. The number of nitrogens with zero attached hydrogens (tertiary/aromatic N) is 1. The number of hydrogen-bond acceptors (Lipinski definition) is 4. The number of fused-ring (bicyclic) bond motifs is 1. The highest BCUT2D eigenvalue weighted by atomic mass is 35.5. The quantitative estimate of drug-likeness (QED) is 0.662. The second kappa shape index (κ2) is 7.59. The zero-order valence-corrected chi connectivity index (χ0v) is 15.1. The van der Waals surface area contributed by atoms with Crippen molar-refractivity contribution in [3.8, 4) is 5.75 Å². The Labute approximate surface area is 156 Å². The van der Waals surface area contributed by atoms with Gasteiger partial charge in [0.2, 0.25) is 0 Å². The van der Waals surface area contributed by atoms with Crippen LogP contribution in [-0.4, -0.2) is 23.2 Å². The number of methoxy groups -OCH3 is 1. The van der Waals surface area contributed by atoms with Crippen molar-refractivity contribution >= 4 is 52.3 Å². The number of anilines is 2. The van der Waals surface area contributed by atoms with Gasteiger partial charge in [-0.25, -0.2) is 4.79 Å². The predicted molar refractivity (Wildman–Crippen MR) is 102 cm³/mol. The van der Waals surface area contributed by atoms with Crippen molar-refractivity contribution in [2.24, 2.45) is 0 Å². The number of pyridine rings is 1. The second-order valence-electron chi connectivity index (χ2n) is 5.25. The van der Waals surface area contributed by atoms with Crippen molar-refractivity contribution in [2.45, 2.75) is 6.92 Å². The SMILES string of the molecule is COc1ccccc1Nc1c(C(=O)O)cnc2c(C)c(Cl)ccc12.Cl. The smallest absolute Gasteiger partial charge is 0.339 e. The van der Waals surface area contributed by atoms with Crippen LogP contribution in [0.1, 0.15) is 15.9 Å². The Morgan fingerprint density at radius 3 is 2.64 bits per heavy atom. The van der Waals surface area contributed by atoms with E-state index in [1.165, 1.54) is 6.20 Å². The molecule has 0 bridgehead atoms. The number of hydrogen-bond donors (Lipinski definition) is 2. The van der Waals surface area contributed by atoms with Gasteiger partial charge in [-0.2, -0.15) is 0 Å². The summed E-state index contributed by atoms with van der Waals surface area (Å²) >= 11 is 6.15. The number of aromatic carboxylic acids is 1. The lowest BCUT2D eigenvalue weighted by Crippen LogP contribution is -2.06. The molecule has 130 valence electrons. The van der Waals surface area contributed by atoms with Gasteiger partial charge in [-0.1, -0.05) is 23.7 Å². The number of ether oxygens (including phenoxy) is 1. The summed E-state index contributed by atoms with van der Waals surface area (Å²) in [5.41, 5.74) is 2.66. The van der Waals surface area contributed by atoms with E-state index in [0.717, 1.165) is 5.56 Å². The van der Waals surface area contributed by atoms with E-state index in [9.17, 15) is 9.90 Å². The van der Waals surface area contributed by atoms with E-state index in [1.807, 2.05) is 25.1 Å². The maximum absolute atomic E-state index is 11.6. The van der Waals surface area contributed by atoms with Crippen molar-refractivity contribution in [1.29, 1.82) is 0 Å². The number of rotatable bonds is 4. The normalized spacial score (nSPS) is 10.2. The van der Waals surface area contributed by atoms with Gasteiger partial charge in [0.15, 0.2) is 0 Å². The first-order valence-corrected chi connectivity index (χ1v) is 7.62. The van der Waals surface area contributed by atoms with Crippen LogP contribution in [0.15, 0.2) is 42.6 Å². The first-order chi connectivity index (χ1) is 11.5. The Morgan fingerprint density at radius 1 is 1.24 bits per heavy atom. The first-order valence-electron chi connectivity index (χ1n) is 7.24. The summed E-state index contributed by atoms with van der Waals surface area (Å²) < 4.78 is 5.33. The number of carbonyl (C=O) groups is 1. The Morgan fingerprint density at radius 2 is 1.96 bits per heavy atom. The second-order valence-corrected chi connectivity index (χ2v) is 5.65. The van der Waals surface area contributed by atoms with Gasteiger partial charge in [-0.3, -0.25) is 4.98 Å². The fourth-order valence-corrected chi connectivity index (χ4v) is 2.71. The summed E-state index contributed by atoms with van der Waals surface area (Å²) in [4.78, 5) is 15.9. The van der Waals surface area contributed by atoms with Gasteiger partial charge in [-0.05, 0) is 36.8 Å². The molecule has 2 N–H and O–H groups in total. The van der Waals surface area contributed by atoms with Gasteiger partial charge in [0.1, 0.15) is 11.3 Å². The third-order valence-electron chi connectivity index (χ3n) is 3.82. The number of halogens is 2. The van der Waals surface area contributed by atoms with E-state index < -0.39 is 5.97 Å². The molecule has 0 unspecified atom stereocenters. The van der Waals surface area contributed by atoms with Gasteiger partial charge in [-0.15, -0.1) is 12.4 Å². The zero-order valence-electron chi connectivity index (χ0n) is 13.5. The van der Waals surface area contributed by atoms with E-state index in [4.69, 9.17) is 16.3 Å². The van der Waals surface area contributed by atoms with Crippen LogP contribution in [0, 0.1) is 6.92 Å². The standard InChI is InChI=1S/C18H15ClN2O3.ClH/c1-10-13(19)8-7-11-16(10)20-9-12(18(22)23)17(11)21-14-5-3-4-6-15(14)24-2;/h3-9H,1-2H3,(H,20,21)(H,22,23);1H. The molecule has 25 heavy (non-hydrogen) atoms. The molecule has 0 saturated heterocycles. The van der Waals surface area contributed by atoms with Crippen molar-refractivity contribution < 1.29 is 14.6 Å². The van der Waals surface area contributed by atoms with E-state index in [0.29, 0.717) is 33.0 Å². The summed E-state index contributed by atoms with van der Waals surface area (Å²) in [6.45, 7) is 1.85. The minimum absolute atomic E-state index is 0. The molecule has 0 spiro atoms. The van der Waals surface area contributed by atoms with E-state index in [-0.39, 0.29) is 18.0 Å². The lowest BCUT2D eigenvalue weighted by atomic mass is 10.1. The summed E-state index contributed by atoms with van der Waals surface area (Å²) in [6.07, 6.45) is 1.34. The van der Waals surface area contributed by atoms with Gasteiger partial charge < -0.3 is 15.2 Å². The lowest BCUT2D eigenvalue weighted by molar-refractivity contribution is 0.0697. The van der Waals surface area contributed by atoms with Crippen LogP contribution in [0.3, 0.4) is 0 Å². The fraction of sp³-hybridized carbons (Fsp3) is 0.111. The minimum atomic E-state index is -1.06. The molecule has 0 saturated carbocycles. The highest BCUT2D eigenvalue weighted by molar-refractivity contribution is 6.32. The third kappa shape index (κ3) is 3.48. The number of nitrogens with one attached hydrogen (secondary N) is 1. The van der Waals surface area contributed by atoms with Crippen LogP contribution in [0.5, 0.6) is 5.75 Å². The minimum Gasteiger partial charge on any atom is -0.495 e. The molecule has 0 aliphatic carbocycles. The lowest BCUT2D eigenvalue weighted by Gasteiger charge is -2.16. The molecule has 0 aliphatic rings. The number of para-hydroxylation sites is 2. The number of carboxylic acid groups (broad SMARTS) is 1.